The van der Waals surface area contributed by atoms with E-state index >= 15 is 0 Å². The van der Waals surface area contributed by atoms with Crippen molar-refractivity contribution in [1.82, 2.24) is 35.6 Å². The highest BCUT2D eigenvalue weighted by Crippen LogP contribution is 2.26. The highest BCUT2D eigenvalue weighted by atomic mass is 16.5. The average molecular weight is 751 g/mol. The largest absolute Gasteiger partial charge is 0.461 e. The number of carbonyl (C=O) groups is 7. The second-order valence-corrected chi connectivity index (χ2v) is 14.4. The van der Waals surface area contributed by atoms with Crippen molar-refractivity contribution < 1.29 is 42.7 Å². The molecular formula is C37H50N8O9. The van der Waals surface area contributed by atoms with Gasteiger partial charge in [0.1, 0.15) is 49.1 Å². The number of amides is 7. The van der Waals surface area contributed by atoms with Crippen LogP contribution in [-0.2, 0) is 39.9 Å². The van der Waals surface area contributed by atoms with Crippen LogP contribution in [0.1, 0.15) is 65.4 Å². The maximum Gasteiger partial charge on any atom is 0.328 e. The molecule has 3 saturated heterocycles. The molecule has 3 aliphatic rings. The summed E-state index contributed by atoms with van der Waals surface area (Å²) in [6.45, 7) is 6.83. The molecule has 2 aromatic rings. The number of hydrogen-bond donors (Lipinski definition) is 4. The van der Waals surface area contributed by atoms with Crippen LogP contribution in [0.25, 0.3) is 0 Å². The number of fused-ring (bicyclic) bond motifs is 2. The van der Waals surface area contributed by atoms with Crippen molar-refractivity contribution in [2.24, 2.45) is 5.92 Å². The van der Waals surface area contributed by atoms with Crippen molar-refractivity contribution in [3.8, 4) is 0 Å². The van der Waals surface area contributed by atoms with Crippen molar-refractivity contribution >= 4 is 47.6 Å². The minimum Gasteiger partial charge on any atom is -0.461 e. The fourth-order valence-electron chi connectivity index (χ4n) is 7.10. The Labute approximate surface area is 313 Å². The Bertz CT molecular complexity index is 1670. The van der Waals surface area contributed by atoms with Gasteiger partial charge in [-0.2, -0.15) is 0 Å². The zero-order valence-electron chi connectivity index (χ0n) is 31.1. The van der Waals surface area contributed by atoms with Crippen molar-refractivity contribution in [2.75, 3.05) is 31.6 Å². The minimum atomic E-state index is -1.47. The number of anilines is 1. The number of oxazole rings is 1. The molecule has 7 amide bonds. The van der Waals surface area contributed by atoms with E-state index < -0.39 is 84.4 Å². The lowest BCUT2D eigenvalue weighted by atomic mass is 9.99. The molecule has 292 valence electrons. The molecule has 0 radical (unpaired) electrons. The SMILES string of the molecule is CC(C)CN1C(=O)[C@H](C)NC(=O)[C@@H]2CCCCN2C(=O)[C@@H]2CCCN2C(=O)[C@@H](NC(=O)[C@H](Cc2ccccc2)NC(=O)Nc2ncco2)COC(=O)[C@@H]1C. The molecule has 1 aromatic heterocycles. The fraction of sp³-hybridized carbons (Fsp3) is 0.568. The third kappa shape index (κ3) is 9.73. The van der Waals surface area contributed by atoms with Gasteiger partial charge in [-0.25, -0.2) is 14.6 Å². The lowest BCUT2D eigenvalue weighted by molar-refractivity contribution is -0.159. The van der Waals surface area contributed by atoms with Gasteiger partial charge in [-0.15, -0.1) is 0 Å². The van der Waals surface area contributed by atoms with Crippen LogP contribution in [0.15, 0.2) is 47.2 Å². The van der Waals surface area contributed by atoms with Crippen molar-refractivity contribution in [3.05, 3.63) is 48.4 Å². The maximum absolute atomic E-state index is 14.4. The lowest BCUT2D eigenvalue weighted by Gasteiger charge is -2.39. The van der Waals surface area contributed by atoms with Crippen LogP contribution in [-0.4, -0.2) is 124 Å². The summed E-state index contributed by atoms with van der Waals surface area (Å²) in [5.41, 5.74) is 0.702. The zero-order chi connectivity index (χ0) is 38.9. The molecule has 0 saturated carbocycles. The van der Waals surface area contributed by atoms with Crippen molar-refractivity contribution in [3.63, 3.8) is 0 Å². The van der Waals surface area contributed by atoms with Crippen molar-refractivity contribution in [1.29, 1.82) is 0 Å². The van der Waals surface area contributed by atoms with Crippen LogP contribution < -0.4 is 21.3 Å². The maximum atomic E-state index is 14.4. The van der Waals surface area contributed by atoms with Gasteiger partial charge in [0.2, 0.25) is 29.5 Å². The van der Waals surface area contributed by atoms with E-state index in [1.807, 2.05) is 13.8 Å². The van der Waals surface area contributed by atoms with E-state index in [1.54, 1.807) is 30.3 Å². The molecule has 3 aliphatic heterocycles. The Morgan fingerprint density at radius 3 is 2.33 bits per heavy atom. The summed E-state index contributed by atoms with van der Waals surface area (Å²) in [5, 5.41) is 10.5. The van der Waals surface area contributed by atoms with Gasteiger partial charge in [-0.05, 0) is 57.4 Å². The highest BCUT2D eigenvalue weighted by Gasteiger charge is 2.44. The molecule has 0 bridgehead atoms. The molecule has 0 spiro atoms. The number of carbonyl (C=O) groups excluding carboxylic acids is 7. The van der Waals surface area contributed by atoms with Crippen LogP contribution >= 0.6 is 0 Å². The van der Waals surface area contributed by atoms with Crippen LogP contribution in [0.4, 0.5) is 10.8 Å². The van der Waals surface area contributed by atoms with Crippen LogP contribution in [0.3, 0.4) is 0 Å². The molecule has 5 rings (SSSR count). The molecule has 1 aromatic carbocycles. The molecule has 0 aliphatic carbocycles. The molecule has 17 nitrogen and oxygen atoms in total. The third-order valence-corrected chi connectivity index (χ3v) is 9.86. The van der Waals surface area contributed by atoms with Crippen LogP contribution in [0.2, 0.25) is 0 Å². The Hall–Kier alpha value is -5.48. The van der Waals surface area contributed by atoms with Gasteiger partial charge in [0.05, 0.1) is 6.20 Å². The van der Waals surface area contributed by atoms with E-state index in [0.29, 0.717) is 44.2 Å². The summed E-state index contributed by atoms with van der Waals surface area (Å²) in [4.78, 5) is 105. The first-order valence-corrected chi connectivity index (χ1v) is 18.5. The number of nitrogens with zero attached hydrogens (tertiary/aromatic N) is 4. The first-order chi connectivity index (χ1) is 25.8. The highest BCUT2D eigenvalue weighted by molar-refractivity contribution is 5.98. The van der Waals surface area contributed by atoms with E-state index in [2.05, 4.69) is 26.3 Å². The number of cyclic esters (lactones) is 1. The number of hydrogen-bond acceptors (Lipinski definition) is 10. The lowest BCUT2D eigenvalue weighted by Crippen LogP contribution is -2.62. The monoisotopic (exact) mass is 750 g/mol. The molecule has 0 unspecified atom stereocenters. The Balaban J connectivity index is 1.46. The van der Waals surface area contributed by atoms with E-state index in [0.717, 1.165) is 0 Å². The molecule has 4 heterocycles. The molecule has 3 fully saturated rings. The normalized spacial score (nSPS) is 25.0. The van der Waals surface area contributed by atoms with Gasteiger partial charge in [0.15, 0.2) is 0 Å². The summed E-state index contributed by atoms with van der Waals surface area (Å²) >= 11 is 0. The number of aromatic nitrogens is 1. The average Bonchev–Trinajstić information content (AvgIpc) is 3.87. The fourth-order valence-corrected chi connectivity index (χ4v) is 7.10. The number of urea groups is 1. The number of esters is 1. The first kappa shape index (κ1) is 39.7. The summed E-state index contributed by atoms with van der Waals surface area (Å²) in [5.74, 6) is -3.73. The predicted molar refractivity (Wildman–Crippen MR) is 193 cm³/mol. The molecular weight excluding hydrogens is 700 g/mol. The molecule has 17 heteroatoms. The summed E-state index contributed by atoms with van der Waals surface area (Å²) in [7, 11) is 0. The smallest absolute Gasteiger partial charge is 0.328 e. The van der Waals surface area contributed by atoms with Gasteiger partial charge in [-0.3, -0.25) is 29.3 Å². The minimum absolute atomic E-state index is 0.0249. The standard InChI is InChI=1S/C37H50N8O9/c1-22(2)20-45-24(4)35(51)54-21-27(40-30(46)26(19-25-11-6-5-7-12-25)41-36(52)42-37-38-15-18-53-37)33(49)44-17-10-14-29(44)34(50)43-16-9-8-13-28(43)31(47)39-23(3)32(45)48/h5-7,11-12,15,18,22-24,26-29H,8-10,13-14,16-17,19-21H2,1-4H3,(H,39,47)(H,40,46)(H2,38,41,42,52)/t23-,24-,26-,27-,28-,29-/m0/s1. The quantitative estimate of drug-likeness (QED) is 0.283. The number of piperidine rings is 1. The first-order valence-electron chi connectivity index (χ1n) is 18.5. The number of nitrogens with one attached hydrogen (secondary N) is 4. The Kier molecular flexibility index (Phi) is 13.3. The molecule has 4 N–H and O–H groups in total. The van der Waals surface area contributed by atoms with Gasteiger partial charge in [0, 0.05) is 26.1 Å². The van der Waals surface area contributed by atoms with E-state index in [1.165, 1.54) is 41.0 Å². The molecule has 6 atom stereocenters. The number of benzene rings is 1. The summed E-state index contributed by atoms with van der Waals surface area (Å²) in [6.07, 6.45) is 5.18. The Morgan fingerprint density at radius 1 is 0.926 bits per heavy atom. The van der Waals surface area contributed by atoms with E-state index in [4.69, 9.17) is 9.15 Å². The second-order valence-electron chi connectivity index (χ2n) is 14.4. The summed E-state index contributed by atoms with van der Waals surface area (Å²) < 4.78 is 10.8. The molecule has 54 heavy (non-hydrogen) atoms. The summed E-state index contributed by atoms with van der Waals surface area (Å²) in [6, 6.07) is 1.39. The third-order valence-electron chi connectivity index (χ3n) is 9.86. The van der Waals surface area contributed by atoms with Gasteiger partial charge in [-0.1, -0.05) is 44.2 Å². The second kappa shape index (κ2) is 18.0. The number of ether oxygens (including phenoxy) is 1. The van der Waals surface area contributed by atoms with Gasteiger partial charge in [0.25, 0.3) is 0 Å². The van der Waals surface area contributed by atoms with Gasteiger partial charge >= 0.3 is 18.0 Å². The zero-order valence-corrected chi connectivity index (χ0v) is 31.1. The Morgan fingerprint density at radius 2 is 1.63 bits per heavy atom. The predicted octanol–water partition coefficient (Wildman–Crippen LogP) is 1.20. The van der Waals surface area contributed by atoms with Crippen LogP contribution in [0.5, 0.6) is 0 Å². The number of rotatable bonds is 8. The topological polar surface area (TPSA) is 213 Å². The van der Waals surface area contributed by atoms with E-state index in [9.17, 15) is 33.6 Å². The van der Waals surface area contributed by atoms with Crippen LogP contribution in [0, 0.1) is 5.92 Å². The van der Waals surface area contributed by atoms with E-state index in [-0.39, 0.29) is 31.4 Å². The van der Waals surface area contributed by atoms with Crippen molar-refractivity contribution in [2.45, 2.75) is 102 Å². The van der Waals surface area contributed by atoms with Gasteiger partial charge < -0.3 is 39.8 Å².